The zero-order valence-electron chi connectivity index (χ0n) is 16.5. The number of nitrogens with zero attached hydrogens (tertiary/aromatic N) is 1. The van der Waals surface area contributed by atoms with Crippen LogP contribution in [-0.2, 0) is 16.4 Å². The Morgan fingerprint density at radius 1 is 1.03 bits per heavy atom. The van der Waals surface area contributed by atoms with Crippen molar-refractivity contribution in [2.75, 3.05) is 21.9 Å². The molecule has 0 radical (unpaired) electrons. The SMILES string of the molecule is CCS(=O)(=O)N1CCc2cc(C(=O)Nc3ccccc3Sc3ccccc3)ccc21. The van der Waals surface area contributed by atoms with Crippen molar-refractivity contribution in [2.45, 2.75) is 23.1 Å². The van der Waals surface area contributed by atoms with E-state index in [0.717, 1.165) is 21.0 Å². The molecular weight excluding hydrogens is 416 g/mol. The molecule has 0 unspecified atom stereocenters. The number of carbonyl (C=O) groups is 1. The van der Waals surface area contributed by atoms with Gasteiger partial charge in [0.05, 0.1) is 17.1 Å². The maximum absolute atomic E-state index is 12.9. The van der Waals surface area contributed by atoms with Gasteiger partial charge in [0.25, 0.3) is 5.91 Å². The first-order chi connectivity index (χ1) is 14.5. The Kier molecular flexibility index (Phi) is 5.83. The second-order valence-electron chi connectivity index (χ2n) is 6.93. The number of amides is 1. The van der Waals surface area contributed by atoms with Gasteiger partial charge in [0.1, 0.15) is 0 Å². The zero-order chi connectivity index (χ0) is 21.1. The molecule has 0 aromatic heterocycles. The molecule has 7 heteroatoms. The van der Waals surface area contributed by atoms with E-state index in [1.54, 1.807) is 36.9 Å². The number of hydrogen-bond donors (Lipinski definition) is 1. The summed E-state index contributed by atoms with van der Waals surface area (Å²) in [6.45, 7) is 2.06. The monoisotopic (exact) mass is 438 g/mol. The minimum atomic E-state index is -3.30. The Labute approximate surface area is 181 Å². The highest BCUT2D eigenvalue weighted by atomic mass is 32.2. The minimum Gasteiger partial charge on any atom is -0.321 e. The molecule has 0 atom stereocenters. The fourth-order valence-corrected chi connectivity index (χ4v) is 5.51. The highest BCUT2D eigenvalue weighted by Gasteiger charge is 2.28. The summed E-state index contributed by atoms with van der Waals surface area (Å²) in [7, 11) is -3.30. The molecule has 0 aliphatic carbocycles. The second-order valence-corrected chi connectivity index (χ2v) is 10.2. The summed E-state index contributed by atoms with van der Waals surface area (Å²) >= 11 is 1.59. The average Bonchev–Trinajstić information content (AvgIpc) is 3.20. The first-order valence-electron chi connectivity index (χ1n) is 9.74. The lowest BCUT2D eigenvalue weighted by atomic mass is 10.1. The maximum atomic E-state index is 12.9. The smallest absolute Gasteiger partial charge is 0.255 e. The molecule has 4 rings (SSSR count). The molecule has 1 N–H and O–H groups in total. The third-order valence-electron chi connectivity index (χ3n) is 5.00. The predicted molar refractivity (Wildman–Crippen MR) is 122 cm³/mol. The zero-order valence-corrected chi connectivity index (χ0v) is 18.2. The number of sulfonamides is 1. The molecule has 0 bridgehead atoms. The standard InChI is InChI=1S/C23H22N2O3S2/c1-2-30(27,28)25-15-14-17-16-18(12-13-21(17)25)23(26)24-20-10-6-7-11-22(20)29-19-8-4-3-5-9-19/h3-13,16H,2,14-15H2,1H3,(H,24,26). The first-order valence-corrected chi connectivity index (χ1v) is 12.2. The van der Waals surface area contributed by atoms with Gasteiger partial charge in [-0.15, -0.1) is 0 Å². The van der Waals surface area contributed by atoms with E-state index in [1.165, 1.54) is 4.31 Å². The van der Waals surface area contributed by atoms with E-state index in [4.69, 9.17) is 0 Å². The predicted octanol–water partition coefficient (Wildman–Crippen LogP) is 4.80. The molecule has 3 aromatic rings. The van der Waals surface area contributed by atoms with Crippen LogP contribution in [-0.4, -0.2) is 26.6 Å². The van der Waals surface area contributed by atoms with Gasteiger partial charge in [0, 0.05) is 21.9 Å². The Balaban J connectivity index is 1.55. The molecular formula is C23H22N2O3S2. The van der Waals surface area contributed by atoms with E-state index in [0.29, 0.717) is 24.2 Å². The Morgan fingerprint density at radius 3 is 2.53 bits per heavy atom. The van der Waals surface area contributed by atoms with Crippen LogP contribution in [0.1, 0.15) is 22.8 Å². The molecule has 1 aliphatic heterocycles. The van der Waals surface area contributed by atoms with Crippen molar-refractivity contribution in [3.05, 3.63) is 83.9 Å². The van der Waals surface area contributed by atoms with E-state index < -0.39 is 10.0 Å². The number of para-hydroxylation sites is 1. The van der Waals surface area contributed by atoms with E-state index >= 15 is 0 Å². The number of rotatable bonds is 6. The number of hydrogen-bond acceptors (Lipinski definition) is 4. The van der Waals surface area contributed by atoms with Gasteiger partial charge in [0.15, 0.2) is 0 Å². The van der Waals surface area contributed by atoms with Crippen LogP contribution in [0.15, 0.2) is 82.6 Å². The number of benzene rings is 3. The third-order valence-corrected chi connectivity index (χ3v) is 7.87. The van der Waals surface area contributed by atoms with Gasteiger partial charge in [-0.3, -0.25) is 9.10 Å². The van der Waals surface area contributed by atoms with Crippen molar-refractivity contribution in [2.24, 2.45) is 0 Å². The van der Waals surface area contributed by atoms with Gasteiger partial charge in [-0.1, -0.05) is 42.1 Å². The summed E-state index contributed by atoms with van der Waals surface area (Å²) in [6.07, 6.45) is 0.607. The van der Waals surface area contributed by atoms with Crippen LogP contribution in [0.3, 0.4) is 0 Å². The highest BCUT2D eigenvalue weighted by molar-refractivity contribution is 7.99. The summed E-state index contributed by atoms with van der Waals surface area (Å²) in [4.78, 5) is 14.9. The Morgan fingerprint density at radius 2 is 1.77 bits per heavy atom. The maximum Gasteiger partial charge on any atom is 0.255 e. The third kappa shape index (κ3) is 4.22. The van der Waals surface area contributed by atoms with Crippen LogP contribution in [0.25, 0.3) is 0 Å². The minimum absolute atomic E-state index is 0.0601. The lowest BCUT2D eigenvalue weighted by Crippen LogP contribution is -2.30. The van der Waals surface area contributed by atoms with E-state index in [2.05, 4.69) is 5.32 Å². The summed E-state index contributed by atoms with van der Waals surface area (Å²) in [6, 6.07) is 22.9. The van der Waals surface area contributed by atoms with E-state index in [1.807, 2.05) is 54.6 Å². The summed E-state index contributed by atoms with van der Waals surface area (Å²) < 4.78 is 26.0. The van der Waals surface area contributed by atoms with Crippen molar-refractivity contribution in [3.63, 3.8) is 0 Å². The number of carbonyl (C=O) groups excluding carboxylic acids is 1. The molecule has 1 aliphatic rings. The fraction of sp³-hybridized carbons (Fsp3) is 0.174. The van der Waals surface area contributed by atoms with Crippen LogP contribution >= 0.6 is 11.8 Å². The number of anilines is 2. The molecule has 1 heterocycles. The van der Waals surface area contributed by atoms with Gasteiger partial charge < -0.3 is 5.32 Å². The molecule has 0 saturated carbocycles. The van der Waals surface area contributed by atoms with Crippen LogP contribution in [0.4, 0.5) is 11.4 Å². The molecule has 30 heavy (non-hydrogen) atoms. The van der Waals surface area contributed by atoms with E-state index in [-0.39, 0.29) is 11.7 Å². The Bertz CT molecular complexity index is 1180. The molecule has 1 amide bonds. The topological polar surface area (TPSA) is 66.5 Å². The van der Waals surface area contributed by atoms with Crippen LogP contribution in [0.5, 0.6) is 0 Å². The van der Waals surface area contributed by atoms with Crippen LogP contribution in [0.2, 0.25) is 0 Å². The number of fused-ring (bicyclic) bond motifs is 1. The molecule has 3 aromatic carbocycles. The average molecular weight is 439 g/mol. The van der Waals surface area contributed by atoms with Crippen LogP contribution in [0, 0.1) is 0 Å². The normalized spacial score (nSPS) is 13.2. The van der Waals surface area contributed by atoms with Crippen molar-refractivity contribution in [1.29, 1.82) is 0 Å². The quantitative estimate of drug-likeness (QED) is 0.600. The van der Waals surface area contributed by atoms with Gasteiger partial charge >= 0.3 is 0 Å². The summed E-state index contributed by atoms with van der Waals surface area (Å²) in [5, 5.41) is 3.00. The largest absolute Gasteiger partial charge is 0.321 e. The molecule has 154 valence electrons. The lowest BCUT2D eigenvalue weighted by molar-refractivity contribution is 0.102. The van der Waals surface area contributed by atoms with Crippen molar-refractivity contribution in [1.82, 2.24) is 0 Å². The van der Waals surface area contributed by atoms with Gasteiger partial charge in [-0.25, -0.2) is 8.42 Å². The van der Waals surface area contributed by atoms with Gasteiger partial charge in [-0.05, 0) is 61.4 Å². The second kappa shape index (κ2) is 8.53. The fourth-order valence-electron chi connectivity index (χ4n) is 3.43. The van der Waals surface area contributed by atoms with Gasteiger partial charge in [0.2, 0.25) is 10.0 Å². The van der Waals surface area contributed by atoms with Crippen LogP contribution < -0.4 is 9.62 Å². The summed E-state index contributed by atoms with van der Waals surface area (Å²) in [5.74, 6) is -0.152. The summed E-state index contributed by atoms with van der Waals surface area (Å²) in [5.41, 5.74) is 2.82. The van der Waals surface area contributed by atoms with Crippen molar-refractivity contribution < 1.29 is 13.2 Å². The number of nitrogens with one attached hydrogen (secondary N) is 1. The van der Waals surface area contributed by atoms with Crippen molar-refractivity contribution >= 4 is 39.1 Å². The highest BCUT2D eigenvalue weighted by Crippen LogP contribution is 2.34. The molecule has 0 fully saturated rings. The van der Waals surface area contributed by atoms with Gasteiger partial charge in [-0.2, -0.15) is 0 Å². The molecule has 0 spiro atoms. The van der Waals surface area contributed by atoms with E-state index in [9.17, 15) is 13.2 Å². The van der Waals surface area contributed by atoms with Crippen molar-refractivity contribution in [3.8, 4) is 0 Å². The lowest BCUT2D eigenvalue weighted by Gasteiger charge is -2.18. The molecule has 0 saturated heterocycles. The Hall–Kier alpha value is -2.77. The first kappa shape index (κ1) is 20.5. The molecule has 5 nitrogen and oxygen atoms in total.